The lowest BCUT2D eigenvalue weighted by Gasteiger charge is -2.35. The van der Waals surface area contributed by atoms with Gasteiger partial charge in [0, 0.05) is 5.66 Å². The van der Waals surface area contributed by atoms with Crippen LogP contribution in [0.1, 0.15) is 55.4 Å². The molecular formula is C18H33O2P. The maximum Gasteiger partial charge on any atom is 0.160 e. The smallest absolute Gasteiger partial charge is 0.160 e. The maximum atomic E-state index is 9.85. The first kappa shape index (κ1) is 20.6. The molecule has 0 aliphatic carbocycles. The van der Waals surface area contributed by atoms with E-state index in [4.69, 9.17) is 4.74 Å². The van der Waals surface area contributed by atoms with Crippen LogP contribution in [0.15, 0.2) is 35.7 Å². The molecule has 0 saturated heterocycles. The Morgan fingerprint density at radius 3 is 2.10 bits per heavy atom. The number of aliphatic hydroxyl groups is 1. The summed E-state index contributed by atoms with van der Waals surface area (Å²) < 4.78 is 5.74. The van der Waals surface area contributed by atoms with E-state index < -0.39 is 5.79 Å². The minimum atomic E-state index is -1.07. The highest BCUT2D eigenvalue weighted by Gasteiger charge is 2.29. The molecule has 0 fully saturated rings. The molecule has 0 spiro atoms. The summed E-state index contributed by atoms with van der Waals surface area (Å²) in [6.07, 6.45) is 10.4. The topological polar surface area (TPSA) is 29.5 Å². The van der Waals surface area contributed by atoms with Crippen molar-refractivity contribution in [1.29, 1.82) is 0 Å². The summed E-state index contributed by atoms with van der Waals surface area (Å²) in [4.78, 5) is 0. The molecule has 0 amide bonds. The molecule has 0 aromatic rings. The predicted octanol–water partition coefficient (Wildman–Crippen LogP) is 5.43. The summed E-state index contributed by atoms with van der Waals surface area (Å²) in [7, 11) is -0.306. The zero-order chi connectivity index (χ0) is 16.6. The fourth-order valence-electron chi connectivity index (χ4n) is 2.43. The average Bonchev–Trinajstić information content (AvgIpc) is 2.32. The number of ether oxygens (including phenoxy) is 1. The first-order valence-corrected chi connectivity index (χ1v) is 9.23. The van der Waals surface area contributed by atoms with Crippen LogP contribution in [0.25, 0.3) is 0 Å². The molecule has 0 saturated carbocycles. The summed E-state index contributed by atoms with van der Waals surface area (Å²) in [5.41, 5.74) is 0.993. The van der Waals surface area contributed by atoms with Crippen molar-refractivity contribution in [2.45, 2.75) is 78.6 Å². The van der Waals surface area contributed by atoms with Crippen molar-refractivity contribution >= 4 is 7.92 Å². The van der Waals surface area contributed by atoms with E-state index in [0.717, 1.165) is 0 Å². The highest BCUT2D eigenvalue weighted by Crippen LogP contribution is 2.54. The first-order chi connectivity index (χ1) is 9.60. The van der Waals surface area contributed by atoms with E-state index in [1.54, 1.807) is 13.8 Å². The molecule has 0 aromatic carbocycles. The van der Waals surface area contributed by atoms with E-state index in [1.807, 2.05) is 19.1 Å². The van der Waals surface area contributed by atoms with Crippen LogP contribution < -0.4 is 0 Å². The highest BCUT2D eigenvalue weighted by atomic mass is 31.1. The Morgan fingerprint density at radius 1 is 1.10 bits per heavy atom. The molecule has 0 aromatic heterocycles. The monoisotopic (exact) mass is 312 g/mol. The molecule has 2 nitrogen and oxygen atoms in total. The van der Waals surface area contributed by atoms with Crippen LogP contribution in [0.2, 0.25) is 0 Å². The molecule has 0 aliphatic heterocycles. The number of hydrogen-bond acceptors (Lipinski definition) is 2. The molecule has 0 aliphatic rings. The Labute approximate surface area is 132 Å². The van der Waals surface area contributed by atoms with Gasteiger partial charge in [-0.3, -0.25) is 0 Å². The van der Waals surface area contributed by atoms with E-state index >= 15 is 0 Å². The van der Waals surface area contributed by atoms with E-state index in [-0.39, 0.29) is 14.0 Å². The van der Waals surface area contributed by atoms with Gasteiger partial charge in [-0.25, -0.2) is 0 Å². The van der Waals surface area contributed by atoms with Gasteiger partial charge >= 0.3 is 0 Å². The second-order valence-electron chi connectivity index (χ2n) is 6.23. The van der Waals surface area contributed by atoms with Crippen LogP contribution in [0.3, 0.4) is 0 Å². The van der Waals surface area contributed by atoms with Crippen LogP contribution in [0.4, 0.5) is 0 Å². The third-order valence-corrected chi connectivity index (χ3v) is 6.68. The van der Waals surface area contributed by atoms with Crippen molar-refractivity contribution in [3.63, 3.8) is 0 Å². The Bertz CT molecular complexity index is 375. The molecular weight excluding hydrogens is 279 g/mol. The SMILES string of the molecule is C\C=C/C=C\C=C(/C)P(C(C)C)C(C)C(C)OC(C)(C)O. The second-order valence-corrected chi connectivity index (χ2v) is 9.60. The Kier molecular flexibility index (Phi) is 9.36. The Hall–Kier alpha value is -0.430. The summed E-state index contributed by atoms with van der Waals surface area (Å²) in [5.74, 6) is -1.07. The van der Waals surface area contributed by atoms with Gasteiger partial charge in [0.1, 0.15) is 0 Å². The van der Waals surface area contributed by atoms with Crippen molar-refractivity contribution < 1.29 is 9.84 Å². The highest BCUT2D eigenvalue weighted by molar-refractivity contribution is 7.63. The number of rotatable bonds is 8. The average molecular weight is 312 g/mol. The fraction of sp³-hybridized carbons (Fsp3) is 0.667. The van der Waals surface area contributed by atoms with Crippen molar-refractivity contribution in [1.82, 2.24) is 0 Å². The molecule has 0 bridgehead atoms. The van der Waals surface area contributed by atoms with Gasteiger partial charge in [0.25, 0.3) is 0 Å². The zero-order valence-electron chi connectivity index (χ0n) is 14.9. The van der Waals surface area contributed by atoms with Crippen molar-refractivity contribution in [3.05, 3.63) is 35.7 Å². The minimum absolute atomic E-state index is 0.0291. The van der Waals surface area contributed by atoms with Crippen LogP contribution in [-0.4, -0.2) is 28.3 Å². The van der Waals surface area contributed by atoms with Crippen molar-refractivity contribution in [3.8, 4) is 0 Å². The van der Waals surface area contributed by atoms with Gasteiger partial charge < -0.3 is 9.84 Å². The van der Waals surface area contributed by atoms with E-state index in [0.29, 0.717) is 11.3 Å². The largest absolute Gasteiger partial charge is 0.366 e. The third kappa shape index (κ3) is 8.56. The quantitative estimate of drug-likeness (QED) is 0.367. The summed E-state index contributed by atoms with van der Waals surface area (Å²) >= 11 is 0. The van der Waals surface area contributed by atoms with Crippen LogP contribution in [0, 0.1) is 0 Å². The van der Waals surface area contributed by atoms with Crippen LogP contribution >= 0.6 is 7.92 Å². The molecule has 21 heavy (non-hydrogen) atoms. The van der Waals surface area contributed by atoms with Gasteiger partial charge in [-0.05, 0) is 45.6 Å². The first-order valence-electron chi connectivity index (χ1n) is 7.75. The van der Waals surface area contributed by atoms with Gasteiger partial charge in [-0.15, -0.1) is 0 Å². The van der Waals surface area contributed by atoms with Crippen molar-refractivity contribution in [2.75, 3.05) is 0 Å². The van der Waals surface area contributed by atoms with E-state index in [1.165, 1.54) is 5.31 Å². The standard InChI is InChI=1S/C18H33O2P/c1-9-10-11-12-13-15(4)21(14(2)3)17(6)16(5)20-18(7,8)19/h9-14,16-17,19H,1-8H3/b10-9-,12-11-,15-13+. The lowest BCUT2D eigenvalue weighted by atomic mass is 10.3. The minimum Gasteiger partial charge on any atom is -0.366 e. The molecule has 122 valence electrons. The summed E-state index contributed by atoms with van der Waals surface area (Å²) in [5, 5.41) is 11.3. The van der Waals surface area contributed by atoms with Crippen molar-refractivity contribution in [2.24, 2.45) is 0 Å². The van der Waals surface area contributed by atoms with Gasteiger partial charge in [0.15, 0.2) is 5.79 Å². The van der Waals surface area contributed by atoms with Crippen LogP contribution in [0.5, 0.6) is 0 Å². The molecule has 0 rings (SSSR count). The normalized spacial score (nSPS) is 18.7. The summed E-state index contributed by atoms with van der Waals surface area (Å²) in [6.45, 7) is 16.4. The molecule has 3 unspecified atom stereocenters. The van der Waals surface area contributed by atoms with Gasteiger partial charge in [-0.1, -0.05) is 59.1 Å². The molecule has 0 heterocycles. The molecule has 3 atom stereocenters. The predicted molar refractivity (Wildman–Crippen MR) is 96.1 cm³/mol. The van der Waals surface area contributed by atoms with Gasteiger partial charge in [0.05, 0.1) is 6.10 Å². The van der Waals surface area contributed by atoms with Gasteiger partial charge in [0.2, 0.25) is 0 Å². The zero-order valence-corrected chi connectivity index (χ0v) is 15.8. The molecule has 3 heteroatoms. The number of allylic oxidation sites excluding steroid dienone is 6. The lowest BCUT2D eigenvalue weighted by Crippen LogP contribution is -2.34. The third-order valence-electron chi connectivity index (χ3n) is 3.31. The van der Waals surface area contributed by atoms with Gasteiger partial charge in [-0.2, -0.15) is 0 Å². The van der Waals surface area contributed by atoms with E-state index in [9.17, 15) is 5.11 Å². The number of hydrogen-bond donors (Lipinski definition) is 1. The fourth-order valence-corrected chi connectivity index (χ4v) is 5.60. The molecule has 0 radical (unpaired) electrons. The Morgan fingerprint density at radius 2 is 1.67 bits per heavy atom. The summed E-state index contributed by atoms with van der Waals surface area (Å²) in [6, 6.07) is 0. The maximum absolute atomic E-state index is 9.85. The van der Waals surface area contributed by atoms with E-state index in [2.05, 4.69) is 52.8 Å². The Balaban J connectivity index is 5.04. The second kappa shape index (κ2) is 9.56. The van der Waals surface area contributed by atoms with Crippen LogP contribution in [-0.2, 0) is 4.74 Å². The lowest BCUT2D eigenvalue weighted by molar-refractivity contribution is -0.200. The molecule has 1 N–H and O–H groups in total.